The highest BCUT2D eigenvalue weighted by Crippen LogP contribution is 2.63. The average Bonchev–Trinajstić information content (AvgIpc) is 2.73. The van der Waals surface area contributed by atoms with Gasteiger partial charge in [-0.1, -0.05) is 30.6 Å². The van der Waals surface area contributed by atoms with Gasteiger partial charge in [-0.3, -0.25) is 4.79 Å². The average molecular weight is 286 g/mol. The molecule has 0 aromatic heterocycles. The first-order chi connectivity index (χ1) is 9.92. The van der Waals surface area contributed by atoms with Gasteiger partial charge in [0.2, 0.25) is 0 Å². The Labute approximate surface area is 127 Å². The van der Waals surface area contributed by atoms with Crippen molar-refractivity contribution in [3.8, 4) is 0 Å². The molecule has 0 aliphatic heterocycles. The predicted molar refractivity (Wildman–Crippen MR) is 82.8 cm³/mol. The molecule has 4 rings (SSSR count). The van der Waals surface area contributed by atoms with Gasteiger partial charge in [-0.25, -0.2) is 0 Å². The summed E-state index contributed by atoms with van der Waals surface area (Å²) in [6.45, 7) is 4.80. The smallest absolute Gasteiger partial charge is 0.155 e. The maximum Gasteiger partial charge on any atom is 0.155 e. The lowest BCUT2D eigenvalue weighted by Crippen LogP contribution is -2.42. The molecule has 114 valence electrons. The van der Waals surface area contributed by atoms with Crippen LogP contribution in [0, 0.1) is 16.7 Å². The van der Waals surface area contributed by atoms with Gasteiger partial charge >= 0.3 is 0 Å². The molecule has 4 aliphatic carbocycles. The summed E-state index contributed by atoms with van der Waals surface area (Å²) in [6.07, 6.45) is 10.1. The van der Waals surface area contributed by atoms with Crippen molar-refractivity contribution in [3.05, 3.63) is 22.8 Å². The van der Waals surface area contributed by atoms with E-state index in [1.165, 1.54) is 18.4 Å². The van der Waals surface area contributed by atoms with E-state index in [1.807, 2.05) is 6.08 Å². The molecule has 2 nitrogen and oxygen atoms in total. The molecule has 4 atom stereocenters. The van der Waals surface area contributed by atoms with E-state index >= 15 is 0 Å². The van der Waals surface area contributed by atoms with Crippen molar-refractivity contribution in [2.45, 2.75) is 71.3 Å². The van der Waals surface area contributed by atoms with Crippen LogP contribution in [0.4, 0.5) is 0 Å². The van der Waals surface area contributed by atoms with E-state index in [-0.39, 0.29) is 16.9 Å². The quantitative estimate of drug-likeness (QED) is 0.685. The molecular weight excluding hydrogens is 260 g/mol. The van der Waals surface area contributed by atoms with Gasteiger partial charge in [-0.15, -0.1) is 0 Å². The standard InChI is InChI=1S/C19H26O2/c1-18-7-8-19(2)15-6-4-13(20)9-12(15)3-5-16(19)17(18)10-14(21)11-18/h9,14-15,21H,3-8,10-11H2,1-2H3/t14-,15+,18-,19-/m0/s1. The van der Waals surface area contributed by atoms with Crippen molar-refractivity contribution in [1.29, 1.82) is 0 Å². The van der Waals surface area contributed by atoms with Crippen LogP contribution in [0.25, 0.3) is 0 Å². The minimum absolute atomic E-state index is 0.135. The molecule has 0 amide bonds. The Hall–Kier alpha value is -0.890. The van der Waals surface area contributed by atoms with Gasteiger partial charge in [-0.2, -0.15) is 0 Å². The number of rotatable bonds is 0. The molecule has 0 bridgehead atoms. The molecule has 0 saturated heterocycles. The number of carbonyl (C=O) groups is 1. The van der Waals surface area contributed by atoms with Gasteiger partial charge in [-0.05, 0) is 67.8 Å². The van der Waals surface area contributed by atoms with E-state index < -0.39 is 0 Å². The van der Waals surface area contributed by atoms with Crippen LogP contribution in [0.2, 0.25) is 0 Å². The first kappa shape index (κ1) is 13.8. The molecule has 1 N–H and O–H groups in total. The second-order valence-electron chi connectivity index (χ2n) is 8.27. The van der Waals surface area contributed by atoms with Crippen LogP contribution < -0.4 is 0 Å². The number of ketones is 1. The molecule has 0 spiro atoms. The molecule has 2 saturated carbocycles. The molecule has 0 aromatic carbocycles. The van der Waals surface area contributed by atoms with Crippen molar-refractivity contribution >= 4 is 5.78 Å². The van der Waals surface area contributed by atoms with E-state index in [4.69, 9.17) is 0 Å². The Balaban J connectivity index is 1.81. The molecular formula is C19H26O2. The van der Waals surface area contributed by atoms with Crippen molar-refractivity contribution in [2.75, 3.05) is 0 Å². The van der Waals surface area contributed by atoms with Crippen molar-refractivity contribution in [1.82, 2.24) is 0 Å². The highest BCUT2D eigenvalue weighted by atomic mass is 16.3. The molecule has 2 heteroatoms. The molecule has 2 fully saturated rings. The van der Waals surface area contributed by atoms with Crippen molar-refractivity contribution in [3.63, 3.8) is 0 Å². The summed E-state index contributed by atoms with van der Waals surface area (Å²) >= 11 is 0. The lowest BCUT2D eigenvalue weighted by atomic mass is 9.52. The topological polar surface area (TPSA) is 37.3 Å². The third-order valence-electron chi connectivity index (χ3n) is 7.01. The highest BCUT2D eigenvalue weighted by molar-refractivity contribution is 5.91. The van der Waals surface area contributed by atoms with Crippen LogP contribution in [0.5, 0.6) is 0 Å². The van der Waals surface area contributed by atoms with Crippen molar-refractivity contribution in [2.24, 2.45) is 16.7 Å². The highest BCUT2D eigenvalue weighted by Gasteiger charge is 2.53. The van der Waals surface area contributed by atoms with Crippen LogP contribution in [0.1, 0.15) is 65.2 Å². The second-order valence-corrected chi connectivity index (χ2v) is 8.27. The van der Waals surface area contributed by atoms with Gasteiger partial charge in [0, 0.05) is 6.42 Å². The summed E-state index contributed by atoms with van der Waals surface area (Å²) in [5, 5.41) is 10.2. The van der Waals surface area contributed by atoms with Gasteiger partial charge in [0.15, 0.2) is 5.78 Å². The van der Waals surface area contributed by atoms with Crippen LogP contribution in [0.15, 0.2) is 22.8 Å². The Kier molecular flexibility index (Phi) is 2.83. The number of hydrogen-bond acceptors (Lipinski definition) is 2. The maximum absolute atomic E-state index is 11.7. The van der Waals surface area contributed by atoms with Crippen LogP contribution in [-0.2, 0) is 4.79 Å². The van der Waals surface area contributed by atoms with Crippen LogP contribution in [0.3, 0.4) is 0 Å². The largest absolute Gasteiger partial charge is 0.393 e. The zero-order valence-electron chi connectivity index (χ0n) is 13.2. The molecule has 0 heterocycles. The van der Waals surface area contributed by atoms with E-state index in [2.05, 4.69) is 13.8 Å². The fourth-order valence-corrected chi connectivity index (χ4v) is 5.89. The van der Waals surface area contributed by atoms with Gasteiger partial charge in [0.05, 0.1) is 6.10 Å². The Morgan fingerprint density at radius 1 is 1.14 bits per heavy atom. The summed E-state index contributed by atoms with van der Waals surface area (Å²) in [7, 11) is 0. The summed E-state index contributed by atoms with van der Waals surface area (Å²) in [6, 6.07) is 0. The third-order valence-corrected chi connectivity index (χ3v) is 7.01. The van der Waals surface area contributed by atoms with Gasteiger partial charge in [0.1, 0.15) is 0 Å². The zero-order valence-corrected chi connectivity index (χ0v) is 13.2. The maximum atomic E-state index is 11.7. The van der Waals surface area contributed by atoms with Gasteiger partial charge < -0.3 is 5.11 Å². The van der Waals surface area contributed by atoms with Crippen LogP contribution >= 0.6 is 0 Å². The Morgan fingerprint density at radius 3 is 2.76 bits per heavy atom. The number of aliphatic hydroxyl groups excluding tert-OH is 1. The monoisotopic (exact) mass is 286 g/mol. The number of allylic oxidation sites excluding steroid dienone is 3. The molecule has 0 radical (unpaired) electrons. The Morgan fingerprint density at radius 2 is 1.95 bits per heavy atom. The van der Waals surface area contributed by atoms with E-state index in [9.17, 15) is 9.90 Å². The molecule has 4 aliphatic rings. The number of hydrogen-bond donors (Lipinski definition) is 1. The van der Waals surface area contributed by atoms with Crippen LogP contribution in [-0.4, -0.2) is 17.0 Å². The lowest BCUT2D eigenvalue weighted by Gasteiger charge is -2.53. The minimum atomic E-state index is -0.135. The fraction of sp³-hybridized carbons (Fsp3) is 0.737. The second kappa shape index (κ2) is 4.32. The first-order valence-corrected chi connectivity index (χ1v) is 8.57. The summed E-state index contributed by atoms with van der Waals surface area (Å²) in [4.78, 5) is 11.7. The van der Waals surface area contributed by atoms with Gasteiger partial charge in [0.25, 0.3) is 0 Å². The van der Waals surface area contributed by atoms with E-state index in [0.717, 1.165) is 38.5 Å². The number of carbonyl (C=O) groups excluding carboxylic acids is 1. The molecule has 0 aromatic rings. The number of aliphatic hydroxyl groups is 1. The first-order valence-electron chi connectivity index (χ1n) is 8.57. The summed E-state index contributed by atoms with van der Waals surface area (Å²) in [5.41, 5.74) is 5.16. The fourth-order valence-electron chi connectivity index (χ4n) is 5.89. The number of fused-ring (bicyclic) bond motifs is 4. The summed E-state index contributed by atoms with van der Waals surface area (Å²) in [5.74, 6) is 0.909. The predicted octanol–water partition coefficient (Wildman–Crippen LogP) is 3.94. The third kappa shape index (κ3) is 1.84. The minimum Gasteiger partial charge on any atom is -0.393 e. The normalized spacial score (nSPS) is 45.9. The van der Waals surface area contributed by atoms with E-state index in [0.29, 0.717) is 11.7 Å². The van der Waals surface area contributed by atoms with E-state index in [1.54, 1.807) is 11.1 Å². The van der Waals surface area contributed by atoms with Crippen molar-refractivity contribution < 1.29 is 9.90 Å². The lowest BCUT2D eigenvalue weighted by molar-refractivity contribution is -0.115. The molecule has 0 unspecified atom stereocenters. The zero-order chi connectivity index (χ0) is 14.8. The molecule has 21 heavy (non-hydrogen) atoms. The Bertz CT molecular complexity index is 570. The summed E-state index contributed by atoms with van der Waals surface area (Å²) < 4.78 is 0. The SMILES string of the molecule is C[C@@]12CC[C@]3(C)C(=C1C[C@H](O)C2)CCC1=CC(=O)CC[C@H]13.